The summed E-state index contributed by atoms with van der Waals surface area (Å²) in [5.41, 5.74) is 9.89. The number of hydrogen-bond acceptors (Lipinski definition) is 3. The van der Waals surface area contributed by atoms with Crippen LogP contribution in [0.4, 0.5) is 5.69 Å². The zero-order chi connectivity index (χ0) is 30.7. The van der Waals surface area contributed by atoms with Crippen LogP contribution in [0.3, 0.4) is 0 Å². The van der Waals surface area contributed by atoms with E-state index in [4.69, 9.17) is 9.47 Å². The second kappa shape index (κ2) is 10.9. The van der Waals surface area contributed by atoms with Crippen molar-refractivity contribution in [2.75, 3.05) is 25.1 Å². The number of anilines is 1. The molecule has 2 saturated carbocycles. The number of fused-ring (bicyclic) bond motifs is 13. The van der Waals surface area contributed by atoms with Gasteiger partial charge in [-0.05, 0) is 83.4 Å². The SMILES string of the molecule is CCCOCCNc1ccc(C2(c3ccccc3)C=Cc3c4c(c5ccccc5c3O2)-c2ccccc2C42CC3CCC2C3)cc1. The van der Waals surface area contributed by atoms with Gasteiger partial charge in [0.1, 0.15) is 5.75 Å². The Labute approximate surface area is 272 Å². The molecule has 0 aromatic heterocycles. The molecule has 3 nitrogen and oxygen atoms in total. The van der Waals surface area contributed by atoms with Crippen LogP contribution in [0.25, 0.3) is 28.0 Å². The normalized spacial score (nSPS) is 25.0. The summed E-state index contributed by atoms with van der Waals surface area (Å²) in [6.07, 6.45) is 11.1. The lowest BCUT2D eigenvalue weighted by Crippen LogP contribution is -2.36. The van der Waals surface area contributed by atoms with Gasteiger partial charge >= 0.3 is 0 Å². The number of ether oxygens (including phenoxy) is 2. The number of rotatable bonds is 8. The van der Waals surface area contributed by atoms with E-state index in [1.54, 1.807) is 5.56 Å². The Hall–Kier alpha value is -4.34. The first-order valence-electron chi connectivity index (χ1n) is 17.3. The predicted molar refractivity (Wildman–Crippen MR) is 189 cm³/mol. The molecule has 1 heterocycles. The Morgan fingerprint density at radius 2 is 1.57 bits per heavy atom. The third-order valence-corrected chi connectivity index (χ3v) is 11.4. The van der Waals surface area contributed by atoms with Gasteiger partial charge < -0.3 is 14.8 Å². The molecule has 46 heavy (non-hydrogen) atoms. The maximum absolute atomic E-state index is 7.55. The van der Waals surface area contributed by atoms with Gasteiger partial charge in [0.05, 0.1) is 6.61 Å². The van der Waals surface area contributed by atoms with Crippen LogP contribution in [-0.2, 0) is 15.8 Å². The molecule has 1 aliphatic heterocycles. The first-order valence-corrected chi connectivity index (χ1v) is 17.3. The number of nitrogens with one attached hydrogen (secondary N) is 1. The van der Waals surface area contributed by atoms with E-state index in [2.05, 4.69) is 128 Å². The standard InChI is InChI=1S/C43H41NO2/c1-2-25-45-26-24-44-33-20-18-31(19-21-33)43(30-10-4-3-5-11-30)23-22-37-40-39(34-12-6-7-13-35(34)41(37)46-43)36-14-8-9-15-38(36)42(40)28-29-16-17-32(42)27-29/h3-15,18-23,29,32,44H,2,16-17,24-28H2,1H3. The summed E-state index contributed by atoms with van der Waals surface area (Å²) in [5.74, 6) is 2.52. The number of benzene rings is 5. The minimum absolute atomic E-state index is 0.0670. The highest BCUT2D eigenvalue weighted by Crippen LogP contribution is 2.68. The molecule has 0 saturated heterocycles. The summed E-state index contributed by atoms with van der Waals surface area (Å²) >= 11 is 0. The van der Waals surface area contributed by atoms with Crippen LogP contribution in [0.1, 0.15) is 66.8 Å². The van der Waals surface area contributed by atoms with E-state index in [0.717, 1.165) is 48.1 Å². The van der Waals surface area contributed by atoms with Crippen molar-refractivity contribution in [3.63, 3.8) is 0 Å². The Kier molecular flexibility index (Phi) is 6.61. The lowest BCUT2D eigenvalue weighted by molar-refractivity contribution is 0.144. The summed E-state index contributed by atoms with van der Waals surface area (Å²) in [7, 11) is 0. The second-order valence-corrected chi connectivity index (χ2v) is 13.8. The molecule has 2 fully saturated rings. The largest absolute Gasteiger partial charge is 0.472 e. The van der Waals surface area contributed by atoms with E-state index in [-0.39, 0.29) is 5.41 Å². The highest BCUT2D eigenvalue weighted by Gasteiger charge is 2.58. The van der Waals surface area contributed by atoms with Gasteiger partial charge in [0.25, 0.3) is 0 Å². The van der Waals surface area contributed by atoms with Crippen LogP contribution in [0, 0.1) is 11.8 Å². The molecular weight excluding hydrogens is 562 g/mol. The zero-order valence-electron chi connectivity index (χ0n) is 26.6. The van der Waals surface area contributed by atoms with Gasteiger partial charge in [0.15, 0.2) is 5.60 Å². The van der Waals surface area contributed by atoms with E-state index < -0.39 is 5.60 Å². The molecule has 4 unspecified atom stereocenters. The minimum Gasteiger partial charge on any atom is -0.472 e. The van der Waals surface area contributed by atoms with Crippen molar-refractivity contribution in [1.82, 2.24) is 0 Å². The minimum atomic E-state index is -0.749. The highest BCUT2D eigenvalue weighted by atomic mass is 16.5. The molecule has 2 bridgehead atoms. The Morgan fingerprint density at radius 3 is 2.35 bits per heavy atom. The maximum Gasteiger partial charge on any atom is 0.178 e. The van der Waals surface area contributed by atoms with Crippen LogP contribution in [0.2, 0.25) is 0 Å². The Bertz CT molecular complexity index is 1960. The molecule has 0 amide bonds. The third-order valence-electron chi connectivity index (χ3n) is 11.4. The van der Waals surface area contributed by atoms with Crippen molar-refractivity contribution in [2.24, 2.45) is 11.8 Å². The quantitative estimate of drug-likeness (QED) is 0.179. The molecule has 230 valence electrons. The van der Waals surface area contributed by atoms with Gasteiger partial charge in [-0.1, -0.05) is 110 Å². The summed E-state index contributed by atoms with van der Waals surface area (Å²) in [6.45, 7) is 4.44. The fourth-order valence-corrected chi connectivity index (χ4v) is 9.54. The van der Waals surface area contributed by atoms with Gasteiger partial charge in [-0.15, -0.1) is 0 Å². The van der Waals surface area contributed by atoms with Gasteiger partial charge in [0.2, 0.25) is 0 Å². The topological polar surface area (TPSA) is 30.5 Å². The van der Waals surface area contributed by atoms with E-state index >= 15 is 0 Å². The zero-order valence-corrected chi connectivity index (χ0v) is 26.6. The highest BCUT2D eigenvalue weighted by molar-refractivity contribution is 6.08. The van der Waals surface area contributed by atoms with Crippen molar-refractivity contribution in [3.8, 4) is 16.9 Å². The Morgan fingerprint density at radius 1 is 0.804 bits per heavy atom. The van der Waals surface area contributed by atoms with Crippen LogP contribution < -0.4 is 10.1 Å². The monoisotopic (exact) mass is 603 g/mol. The smallest absolute Gasteiger partial charge is 0.178 e. The maximum atomic E-state index is 7.55. The van der Waals surface area contributed by atoms with Crippen molar-refractivity contribution in [2.45, 2.75) is 50.0 Å². The summed E-state index contributed by atoms with van der Waals surface area (Å²) < 4.78 is 13.2. The van der Waals surface area contributed by atoms with Crippen LogP contribution in [0.15, 0.2) is 109 Å². The fourth-order valence-electron chi connectivity index (χ4n) is 9.54. The van der Waals surface area contributed by atoms with E-state index in [1.807, 2.05) is 0 Å². The van der Waals surface area contributed by atoms with Gasteiger partial charge in [0, 0.05) is 46.3 Å². The molecule has 3 aliphatic carbocycles. The summed E-state index contributed by atoms with van der Waals surface area (Å²) in [6, 6.07) is 37.8. The summed E-state index contributed by atoms with van der Waals surface area (Å²) in [5, 5.41) is 6.03. The molecular formula is C43H41NO2. The number of hydrogen-bond donors (Lipinski definition) is 1. The van der Waals surface area contributed by atoms with Crippen molar-refractivity contribution < 1.29 is 9.47 Å². The molecule has 9 rings (SSSR count). The van der Waals surface area contributed by atoms with Gasteiger partial charge in [-0.2, -0.15) is 0 Å². The molecule has 0 radical (unpaired) electrons. The second-order valence-electron chi connectivity index (χ2n) is 13.8. The first-order chi connectivity index (χ1) is 22.7. The van der Waals surface area contributed by atoms with Crippen molar-refractivity contribution in [1.29, 1.82) is 0 Å². The summed E-state index contributed by atoms with van der Waals surface area (Å²) in [4.78, 5) is 0. The van der Waals surface area contributed by atoms with Crippen molar-refractivity contribution >= 4 is 22.5 Å². The van der Waals surface area contributed by atoms with E-state index in [9.17, 15) is 0 Å². The lowest BCUT2D eigenvalue weighted by atomic mass is 9.65. The Balaban J connectivity index is 1.21. The van der Waals surface area contributed by atoms with Gasteiger partial charge in [-0.3, -0.25) is 0 Å². The fraction of sp³-hybridized carbons (Fsp3) is 0.302. The average molecular weight is 604 g/mol. The van der Waals surface area contributed by atoms with Crippen molar-refractivity contribution in [3.05, 3.63) is 137 Å². The first kappa shape index (κ1) is 27.9. The lowest BCUT2D eigenvalue weighted by Gasteiger charge is -2.41. The van der Waals surface area contributed by atoms with Crippen LogP contribution in [0.5, 0.6) is 5.75 Å². The predicted octanol–water partition coefficient (Wildman–Crippen LogP) is 10.1. The third kappa shape index (κ3) is 4.00. The van der Waals surface area contributed by atoms with Gasteiger partial charge in [-0.25, -0.2) is 0 Å². The molecule has 3 heteroatoms. The van der Waals surface area contributed by atoms with E-state index in [0.29, 0.717) is 12.5 Å². The van der Waals surface area contributed by atoms with E-state index in [1.165, 1.54) is 58.7 Å². The average Bonchev–Trinajstić information content (AvgIpc) is 3.81. The molecule has 1 N–H and O–H groups in total. The molecule has 4 aliphatic rings. The van der Waals surface area contributed by atoms with Crippen LogP contribution >= 0.6 is 0 Å². The molecule has 1 spiro atoms. The molecule has 4 atom stereocenters. The molecule has 5 aromatic carbocycles. The van der Waals surface area contributed by atoms with Crippen LogP contribution in [-0.4, -0.2) is 19.8 Å². The molecule has 5 aromatic rings.